The summed E-state index contributed by atoms with van der Waals surface area (Å²) in [5.74, 6) is -1.29. The van der Waals surface area contributed by atoms with E-state index in [4.69, 9.17) is 29.0 Å². The second-order valence-electron chi connectivity index (χ2n) is 18.3. The largest absolute Gasteiger partial charge is 0.471 e. The number of aromatic nitrogens is 9. The lowest BCUT2D eigenvalue weighted by Crippen LogP contribution is -2.40. The number of aryl methyl sites for hydroxylation is 2. The van der Waals surface area contributed by atoms with Crippen LogP contribution in [0, 0.1) is 25.7 Å². The molecule has 0 aromatic carbocycles. The molecule has 6 aromatic heterocycles. The molecule has 2 saturated carbocycles. The first-order valence-electron chi connectivity index (χ1n) is 22.9. The Balaban J connectivity index is 0.000000164. The van der Waals surface area contributed by atoms with E-state index < -0.39 is 104 Å². The fourth-order valence-electron chi connectivity index (χ4n) is 9.87. The number of hydrogen-bond donors (Lipinski definition) is 17. The molecule has 1 unspecified atom stereocenters. The molecule has 34 heteroatoms. The summed E-state index contributed by atoms with van der Waals surface area (Å²) in [6, 6.07) is -1.85. The van der Waals surface area contributed by atoms with E-state index in [1.54, 1.807) is 32.4 Å². The van der Waals surface area contributed by atoms with E-state index >= 15 is 0 Å². The molecule has 0 spiro atoms. The Kier molecular flexibility index (Phi) is 18.4. The van der Waals surface area contributed by atoms with Gasteiger partial charge in [-0.1, -0.05) is 0 Å². The summed E-state index contributed by atoms with van der Waals surface area (Å²) in [5.41, 5.74) is 6.39. The Morgan fingerprint density at radius 3 is 1.69 bits per heavy atom. The van der Waals surface area contributed by atoms with Crippen molar-refractivity contribution in [2.75, 3.05) is 45.3 Å². The second-order valence-corrected chi connectivity index (χ2v) is 22.6. The third kappa shape index (κ3) is 13.0. The summed E-state index contributed by atoms with van der Waals surface area (Å²) in [7, 11) is -13.0. The minimum Gasteiger partial charge on any atom is -0.396 e. The molecule has 6 aromatic rings. The Bertz CT molecular complexity index is 3060. The van der Waals surface area contributed by atoms with Gasteiger partial charge in [-0.25, -0.2) is 39.0 Å². The number of phosphoric ester groups is 2. The highest BCUT2D eigenvalue weighted by atomic mass is 31.2. The van der Waals surface area contributed by atoms with Gasteiger partial charge in [0.1, 0.15) is 50.8 Å². The van der Waals surface area contributed by atoms with Gasteiger partial charge in [0.2, 0.25) is 0 Å². The van der Waals surface area contributed by atoms with Gasteiger partial charge in [-0.05, 0) is 26.7 Å². The van der Waals surface area contributed by atoms with Crippen LogP contribution in [-0.2, 0) is 34.0 Å². The van der Waals surface area contributed by atoms with Gasteiger partial charge in [0.15, 0.2) is 5.82 Å². The van der Waals surface area contributed by atoms with Gasteiger partial charge in [0.05, 0.1) is 88.2 Å². The molecule has 7 heterocycles. The zero-order chi connectivity index (χ0) is 54.9. The number of rotatable bonds is 16. The average Bonchev–Trinajstić information content (AvgIpc) is 4.20. The minimum atomic E-state index is -4.77. The zero-order valence-electron chi connectivity index (χ0n) is 40.2. The van der Waals surface area contributed by atoms with Crippen LogP contribution in [0.15, 0.2) is 37.6 Å². The Labute approximate surface area is 424 Å². The number of phosphoric acid groups is 2. The molecule has 3 fully saturated rings. The van der Waals surface area contributed by atoms with Gasteiger partial charge in [0.25, 0.3) is 0 Å². The zero-order valence-corrected chi connectivity index (χ0v) is 42.9. The number of aliphatic hydroxyl groups is 9. The maximum absolute atomic E-state index is 11.2. The lowest BCUT2D eigenvalue weighted by Gasteiger charge is -2.28. The van der Waals surface area contributed by atoms with Crippen LogP contribution in [0.4, 0.5) is 5.82 Å². The first kappa shape index (κ1) is 58.3. The smallest absolute Gasteiger partial charge is 0.396 e. The maximum Gasteiger partial charge on any atom is 0.471 e. The molecule has 0 radical (unpaired) electrons. The molecular formula is C41H60N11O20P3. The highest BCUT2D eigenvalue weighted by Crippen LogP contribution is 2.46. The van der Waals surface area contributed by atoms with Crippen LogP contribution < -0.4 is 5.32 Å². The van der Waals surface area contributed by atoms with E-state index in [0.717, 1.165) is 6.66 Å². The molecule has 3 aliphatic rings. The van der Waals surface area contributed by atoms with Crippen molar-refractivity contribution in [2.45, 2.75) is 94.0 Å². The third-order valence-electron chi connectivity index (χ3n) is 13.5. The van der Waals surface area contributed by atoms with Gasteiger partial charge in [-0.2, -0.15) is 0 Å². The van der Waals surface area contributed by atoms with Crippen molar-refractivity contribution < 1.29 is 97.7 Å². The molecule has 0 bridgehead atoms. The number of aromatic amines is 2. The topological polar surface area (TPSA) is 491 Å². The quantitative estimate of drug-likeness (QED) is 0.0382. The van der Waals surface area contributed by atoms with E-state index in [1.807, 2.05) is 0 Å². The second kappa shape index (κ2) is 23.7. The van der Waals surface area contributed by atoms with E-state index in [0.29, 0.717) is 79.8 Å². The van der Waals surface area contributed by atoms with Gasteiger partial charge in [-0.3, -0.25) is 23.0 Å². The lowest BCUT2D eigenvalue weighted by molar-refractivity contribution is 0.00237. The molecular weight excluding hydrogens is 1060 g/mol. The van der Waals surface area contributed by atoms with Crippen molar-refractivity contribution >= 4 is 62.2 Å². The van der Waals surface area contributed by atoms with Gasteiger partial charge in [0, 0.05) is 78.8 Å². The number of fused-ring (bicyclic) bond motifs is 3. The van der Waals surface area contributed by atoms with E-state index in [2.05, 4.69) is 54.2 Å². The SMILES string of the molecule is CP(=O)(O)OCNc1ncnc2c([C@@H]3C[C@H](CO)[C@@H](O)[C@H]3O)c[nH]c12.Cc1ncnc2c([C@@H]3C[C@H](CO)[C@@H](O)[C@H]3O)cn(COP(=O)(O)O)c12.Cc1ncnc2c([C@H]3[C@H](O)[C@H](O)[C@@H](CO)N3COP(=O)(O)O)c[nH]c12. The third-order valence-corrected chi connectivity index (χ3v) is 15.1. The number of nitrogens with zero attached hydrogens (tertiary/aromatic N) is 8. The van der Waals surface area contributed by atoms with Gasteiger partial charge >= 0.3 is 23.2 Å². The van der Waals surface area contributed by atoms with Crippen LogP contribution in [0.25, 0.3) is 33.1 Å². The molecule has 13 atom stereocenters. The molecule has 1 aliphatic heterocycles. The average molecular weight is 1120 g/mol. The monoisotopic (exact) mass is 1120 g/mol. The number of nitrogens with one attached hydrogen (secondary N) is 3. The molecule has 1 saturated heterocycles. The normalized spacial score (nSPS) is 28.1. The van der Waals surface area contributed by atoms with Crippen molar-refractivity contribution in [2.24, 2.45) is 11.8 Å². The maximum atomic E-state index is 11.2. The summed E-state index contributed by atoms with van der Waals surface area (Å²) < 4.78 is 48.5. The van der Waals surface area contributed by atoms with Crippen LogP contribution in [-0.4, -0.2) is 202 Å². The number of aliphatic hydroxyl groups excluding tert-OH is 9. The van der Waals surface area contributed by atoms with Gasteiger partial charge in [-0.15, -0.1) is 0 Å². The van der Waals surface area contributed by atoms with Crippen LogP contribution in [0.2, 0.25) is 0 Å². The lowest BCUT2D eigenvalue weighted by atomic mass is 9.96. The summed E-state index contributed by atoms with van der Waals surface area (Å²) in [5, 5.41) is 92.3. The molecule has 2 aliphatic carbocycles. The fourth-order valence-corrected chi connectivity index (χ4v) is 10.7. The van der Waals surface area contributed by atoms with Gasteiger partial charge < -0.3 is 90.3 Å². The molecule has 9 rings (SSSR count). The number of likely N-dealkylation sites (tertiary alicyclic amines) is 1. The van der Waals surface area contributed by atoms with Crippen molar-refractivity contribution in [3.05, 3.63) is 65.7 Å². The van der Waals surface area contributed by atoms with Crippen molar-refractivity contribution in [1.82, 2.24) is 49.3 Å². The molecule has 31 nitrogen and oxygen atoms in total. The summed E-state index contributed by atoms with van der Waals surface area (Å²) in [4.78, 5) is 77.0. The molecule has 0 amide bonds. The minimum absolute atomic E-state index is 0.200. The van der Waals surface area contributed by atoms with E-state index in [9.17, 15) is 59.7 Å². The predicted octanol–water partition coefficient (Wildman–Crippen LogP) is -1.63. The van der Waals surface area contributed by atoms with Crippen molar-refractivity contribution in [1.29, 1.82) is 0 Å². The van der Waals surface area contributed by atoms with Crippen LogP contribution in [0.1, 0.15) is 58.8 Å². The Morgan fingerprint density at radius 2 is 1.13 bits per heavy atom. The highest BCUT2D eigenvalue weighted by molar-refractivity contribution is 7.51. The van der Waals surface area contributed by atoms with Crippen LogP contribution in [0.3, 0.4) is 0 Å². The first-order chi connectivity index (χ1) is 35.3. The number of hydrogen-bond acceptors (Lipinski definition) is 23. The summed E-state index contributed by atoms with van der Waals surface area (Å²) in [6.07, 6.45) is 2.93. The first-order valence-corrected chi connectivity index (χ1v) is 28.0. The number of anilines is 1. The molecule has 75 heavy (non-hydrogen) atoms. The van der Waals surface area contributed by atoms with E-state index in [1.165, 1.54) is 28.4 Å². The van der Waals surface area contributed by atoms with Crippen LogP contribution >= 0.6 is 23.2 Å². The highest BCUT2D eigenvalue weighted by Gasteiger charge is 2.50. The predicted molar refractivity (Wildman–Crippen MR) is 259 cm³/mol. The molecule has 414 valence electrons. The summed E-state index contributed by atoms with van der Waals surface area (Å²) >= 11 is 0. The fraction of sp³-hybridized carbons (Fsp3) is 0.561. The standard InChI is InChI=1S/C14H21N4O6P.C14H20N3O7P.C13H19N4O7P/c1-25(22,23)24-6-18-14-11-10(16-5-17-14)9(3-15-11)8-2-7(4-19)12(20)13(8)21;1-7-12-11(16-5-15-7)10(3-17(12)6-24-25(21,22)23)9-2-8(4-18)13(19)14(9)20;1-6-9-10(16-4-15-6)7(2-14-9)11-13(20)12(19)8(3-18)17(11)5-24-25(21,22)23/h3,5,7-8,12-13,15,19-21H,2,4,6H2,1H3,(H,22,23)(H,16,17,18);3,5,8-9,13-14,18-20H,2,4,6H2,1H3,(H2,21,22,23);2,4,8,11-14,18-20H,3,5H2,1H3,(H2,21,22,23)/t7-,8+,12-,13+;8-,9+,13-,14+;8-,11+,12-,13+/m111/s1. The number of H-pyrrole nitrogens is 2. The van der Waals surface area contributed by atoms with E-state index in [-0.39, 0.29) is 31.8 Å². The Hall–Kier alpha value is -4.37. The van der Waals surface area contributed by atoms with Crippen molar-refractivity contribution in [3.8, 4) is 0 Å². The van der Waals surface area contributed by atoms with Crippen LogP contribution in [0.5, 0.6) is 0 Å². The van der Waals surface area contributed by atoms with Crippen molar-refractivity contribution in [3.63, 3.8) is 0 Å². The summed E-state index contributed by atoms with van der Waals surface area (Å²) in [6.45, 7) is 2.39. The Morgan fingerprint density at radius 1 is 0.613 bits per heavy atom. The molecule has 17 N–H and O–H groups in total.